The summed E-state index contributed by atoms with van der Waals surface area (Å²) in [4.78, 5) is 0. The third-order valence-corrected chi connectivity index (χ3v) is 3.04. The second-order valence-electron chi connectivity index (χ2n) is 4.02. The van der Waals surface area contributed by atoms with E-state index in [1.54, 1.807) is 6.26 Å². The van der Waals surface area contributed by atoms with Crippen LogP contribution >= 0.6 is 0 Å². The molecule has 0 radical (unpaired) electrons. The van der Waals surface area contributed by atoms with Gasteiger partial charge in [-0.1, -0.05) is 18.2 Å². The van der Waals surface area contributed by atoms with Crippen molar-refractivity contribution in [3.8, 4) is 0 Å². The molecule has 3 rings (SSSR count). The first-order valence-electron chi connectivity index (χ1n) is 5.48. The molecule has 0 bridgehead atoms. The molecule has 0 fully saturated rings. The van der Waals surface area contributed by atoms with Crippen LogP contribution in [0.4, 0.5) is 5.69 Å². The van der Waals surface area contributed by atoms with E-state index >= 15 is 0 Å². The molecular formula is C14H13NO. The van der Waals surface area contributed by atoms with E-state index in [2.05, 4.69) is 18.2 Å². The molecule has 2 nitrogen and oxygen atoms in total. The van der Waals surface area contributed by atoms with Gasteiger partial charge in [0.05, 0.1) is 12.0 Å². The zero-order chi connectivity index (χ0) is 11.0. The first kappa shape index (κ1) is 9.28. The molecule has 0 amide bonds. The molecule has 80 valence electrons. The minimum atomic E-state index is 0.827. The van der Waals surface area contributed by atoms with E-state index in [1.165, 1.54) is 5.57 Å². The number of furan rings is 1. The number of hydrogen-bond donors (Lipinski definition) is 1. The maximum atomic E-state index is 6.17. The number of allylic oxidation sites excluding steroid dienone is 4. The van der Waals surface area contributed by atoms with Gasteiger partial charge in [-0.3, -0.25) is 0 Å². The fourth-order valence-corrected chi connectivity index (χ4v) is 2.17. The Morgan fingerprint density at radius 1 is 1.19 bits per heavy atom. The minimum absolute atomic E-state index is 0.827. The second-order valence-corrected chi connectivity index (χ2v) is 4.02. The zero-order valence-electron chi connectivity index (χ0n) is 8.94. The predicted octanol–water partition coefficient (Wildman–Crippen LogP) is 3.75. The van der Waals surface area contributed by atoms with Gasteiger partial charge in [0, 0.05) is 10.9 Å². The van der Waals surface area contributed by atoms with Gasteiger partial charge in [0.15, 0.2) is 0 Å². The monoisotopic (exact) mass is 211 g/mol. The Hall–Kier alpha value is -1.96. The molecule has 16 heavy (non-hydrogen) atoms. The Bertz CT molecular complexity index is 590. The molecule has 0 spiro atoms. The Balaban J connectivity index is 2.20. The lowest BCUT2D eigenvalue weighted by atomic mass is 9.95. The van der Waals surface area contributed by atoms with Crippen LogP contribution in [0.15, 0.2) is 47.1 Å². The largest absolute Gasteiger partial charge is 0.464 e. The summed E-state index contributed by atoms with van der Waals surface area (Å²) >= 11 is 0. The lowest BCUT2D eigenvalue weighted by Crippen LogP contribution is -1.95. The van der Waals surface area contributed by atoms with Gasteiger partial charge in [-0.25, -0.2) is 0 Å². The van der Waals surface area contributed by atoms with Crippen LogP contribution in [0, 0.1) is 0 Å². The molecule has 0 aliphatic heterocycles. The second kappa shape index (κ2) is 3.56. The highest BCUT2D eigenvalue weighted by atomic mass is 16.3. The highest BCUT2D eigenvalue weighted by Gasteiger charge is 2.10. The standard InChI is InChI=1S/C14H13NO/c15-14-11(10-4-2-1-3-5-10)6-7-13-12(14)8-9-16-13/h1-2,4,6-9H,3,5,15H2. The summed E-state index contributed by atoms with van der Waals surface area (Å²) in [5.41, 5.74) is 10.3. The predicted molar refractivity (Wildman–Crippen MR) is 67.0 cm³/mol. The molecule has 0 saturated heterocycles. The minimum Gasteiger partial charge on any atom is -0.464 e. The van der Waals surface area contributed by atoms with E-state index in [4.69, 9.17) is 10.2 Å². The van der Waals surface area contributed by atoms with Crippen molar-refractivity contribution in [3.63, 3.8) is 0 Å². The number of benzene rings is 1. The third kappa shape index (κ3) is 1.34. The lowest BCUT2D eigenvalue weighted by Gasteiger charge is -2.12. The molecule has 2 heteroatoms. The first-order chi connectivity index (χ1) is 7.86. The molecule has 0 unspecified atom stereocenters. The molecule has 1 heterocycles. The number of rotatable bonds is 1. The zero-order valence-corrected chi connectivity index (χ0v) is 8.94. The molecule has 2 N–H and O–H groups in total. The van der Waals surface area contributed by atoms with Crippen molar-refractivity contribution in [1.82, 2.24) is 0 Å². The Kier molecular flexibility index (Phi) is 2.07. The lowest BCUT2D eigenvalue weighted by molar-refractivity contribution is 0.616. The van der Waals surface area contributed by atoms with Crippen molar-refractivity contribution in [2.75, 3.05) is 5.73 Å². The quantitative estimate of drug-likeness (QED) is 0.729. The van der Waals surface area contributed by atoms with Crippen LogP contribution in [-0.2, 0) is 0 Å². The van der Waals surface area contributed by atoms with Gasteiger partial charge >= 0.3 is 0 Å². The number of hydrogen-bond acceptors (Lipinski definition) is 2. The van der Waals surface area contributed by atoms with Gasteiger partial charge in [0.2, 0.25) is 0 Å². The summed E-state index contributed by atoms with van der Waals surface area (Å²) in [5, 5.41) is 1.01. The van der Waals surface area contributed by atoms with Crippen LogP contribution in [0.2, 0.25) is 0 Å². The topological polar surface area (TPSA) is 39.2 Å². The average Bonchev–Trinajstić information content (AvgIpc) is 2.80. The van der Waals surface area contributed by atoms with Crippen LogP contribution < -0.4 is 5.73 Å². The van der Waals surface area contributed by atoms with Crippen molar-refractivity contribution < 1.29 is 4.42 Å². The van der Waals surface area contributed by atoms with E-state index in [-0.39, 0.29) is 0 Å². The fraction of sp³-hybridized carbons (Fsp3) is 0.143. The first-order valence-corrected chi connectivity index (χ1v) is 5.48. The maximum absolute atomic E-state index is 6.17. The van der Waals surface area contributed by atoms with Crippen LogP contribution in [0.25, 0.3) is 16.5 Å². The van der Waals surface area contributed by atoms with Crippen molar-refractivity contribution in [2.24, 2.45) is 0 Å². The van der Waals surface area contributed by atoms with E-state index in [0.717, 1.165) is 35.1 Å². The summed E-state index contributed by atoms with van der Waals surface area (Å²) in [5.74, 6) is 0. The van der Waals surface area contributed by atoms with Crippen LogP contribution in [0.3, 0.4) is 0 Å². The van der Waals surface area contributed by atoms with E-state index in [0.29, 0.717) is 0 Å². The Morgan fingerprint density at radius 3 is 2.94 bits per heavy atom. The van der Waals surface area contributed by atoms with E-state index < -0.39 is 0 Å². The molecular weight excluding hydrogens is 198 g/mol. The smallest absolute Gasteiger partial charge is 0.135 e. The summed E-state index contributed by atoms with van der Waals surface area (Å²) in [6, 6.07) is 5.96. The Morgan fingerprint density at radius 2 is 2.12 bits per heavy atom. The normalized spacial score (nSPS) is 15.4. The third-order valence-electron chi connectivity index (χ3n) is 3.04. The molecule has 1 aromatic carbocycles. The van der Waals surface area contributed by atoms with Gasteiger partial charge in [-0.2, -0.15) is 0 Å². The van der Waals surface area contributed by atoms with E-state index in [1.807, 2.05) is 18.2 Å². The molecule has 1 aliphatic carbocycles. The van der Waals surface area contributed by atoms with Crippen LogP contribution in [0.1, 0.15) is 18.4 Å². The van der Waals surface area contributed by atoms with Gasteiger partial charge in [0.25, 0.3) is 0 Å². The number of nitrogens with two attached hydrogens (primary N) is 1. The summed E-state index contributed by atoms with van der Waals surface area (Å²) in [6.45, 7) is 0. The average molecular weight is 211 g/mol. The Labute approximate surface area is 94.1 Å². The number of anilines is 1. The molecule has 0 atom stereocenters. The van der Waals surface area contributed by atoms with Gasteiger partial charge in [-0.15, -0.1) is 0 Å². The van der Waals surface area contributed by atoms with Gasteiger partial charge < -0.3 is 10.2 Å². The van der Waals surface area contributed by atoms with Crippen LogP contribution in [-0.4, -0.2) is 0 Å². The van der Waals surface area contributed by atoms with Gasteiger partial charge in [-0.05, 0) is 36.6 Å². The van der Waals surface area contributed by atoms with Crippen molar-refractivity contribution in [2.45, 2.75) is 12.8 Å². The number of fused-ring (bicyclic) bond motifs is 1. The summed E-state index contributed by atoms with van der Waals surface area (Å²) in [6.07, 6.45) is 10.2. The molecule has 1 aliphatic rings. The van der Waals surface area contributed by atoms with E-state index in [9.17, 15) is 0 Å². The molecule has 1 aromatic heterocycles. The van der Waals surface area contributed by atoms with Crippen molar-refractivity contribution in [3.05, 3.63) is 48.3 Å². The van der Waals surface area contributed by atoms with Gasteiger partial charge in [0.1, 0.15) is 5.58 Å². The maximum Gasteiger partial charge on any atom is 0.135 e. The highest BCUT2D eigenvalue weighted by Crippen LogP contribution is 2.33. The fourth-order valence-electron chi connectivity index (χ4n) is 2.17. The van der Waals surface area contributed by atoms with Crippen molar-refractivity contribution in [1.29, 1.82) is 0 Å². The van der Waals surface area contributed by atoms with Crippen LogP contribution in [0.5, 0.6) is 0 Å². The summed E-state index contributed by atoms with van der Waals surface area (Å²) < 4.78 is 5.33. The highest BCUT2D eigenvalue weighted by molar-refractivity contribution is 5.96. The van der Waals surface area contributed by atoms with Crippen molar-refractivity contribution >= 4 is 22.2 Å². The molecule has 2 aromatic rings. The number of nitrogen functional groups attached to an aromatic ring is 1. The summed E-state index contributed by atoms with van der Waals surface area (Å²) in [7, 11) is 0. The SMILES string of the molecule is Nc1c(C2=CC=CCC2)ccc2occc12. The molecule has 0 saturated carbocycles.